The first-order chi connectivity index (χ1) is 7.79. The first-order valence-electron chi connectivity index (χ1n) is 5.27. The van der Waals surface area contributed by atoms with Crippen LogP contribution in [0.15, 0.2) is 34.3 Å². The Bertz CT molecular complexity index is 395. The third kappa shape index (κ3) is 2.80. The average molecular weight is 281 g/mol. The van der Waals surface area contributed by atoms with Gasteiger partial charge in [-0.15, -0.1) is 0 Å². The van der Waals surface area contributed by atoms with Crippen LogP contribution < -0.4 is 0 Å². The third-order valence-corrected chi connectivity index (χ3v) is 3.24. The highest BCUT2D eigenvalue weighted by Crippen LogP contribution is 2.25. The standard InChI is InChI=1S/C13H13BrO2/c14-13-3-1-10(2-4-13)7-12-9-16-8-11(12)5-6-15/h1-4,6-7,11H,5,8-9H2/b12-7-. The highest BCUT2D eigenvalue weighted by Gasteiger charge is 2.20. The fraction of sp³-hybridized carbons (Fsp3) is 0.308. The fourth-order valence-corrected chi connectivity index (χ4v) is 2.08. The molecule has 1 unspecified atom stereocenters. The maximum absolute atomic E-state index is 10.5. The largest absolute Gasteiger partial charge is 0.376 e. The maximum Gasteiger partial charge on any atom is 0.120 e. The minimum absolute atomic E-state index is 0.265. The van der Waals surface area contributed by atoms with Gasteiger partial charge in [-0.2, -0.15) is 0 Å². The normalized spacial score (nSPS) is 22.6. The summed E-state index contributed by atoms with van der Waals surface area (Å²) >= 11 is 3.40. The number of rotatable bonds is 3. The number of carbonyl (C=O) groups is 1. The molecule has 2 rings (SSSR count). The highest BCUT2D eigenvalue weighted by molar-refractivity contribution is 9.10. The van der Waals surface area contributed by atoms with Crippen molar-refractivity contribution in [1.82, 2.24) is 0 Å². The fourth-order valence-electron chi connectivity index (χ4n) is 1.81. The smallest absolute Gasteiger partial charge is 0.120 e. The number of halogens is 1. The molecule has 1 aliphatic rings. The van der Waals surface area contributed by atoms with Crippen LogP contribution in [0.5, 0.6) is 0 Å². The van der Waals surface area contributed by atoms with E-state index in [4.69, 9.17) is 4.74 Å². The van der Waals surface area contributed by atoms with Gasteiger partial charge in [0.05, 0.1) is 13.2 Å². The summed E-state index contributed by atoms with van der Waals surface area (Å²) in [6, 6.07) is 8.12. The van der Waals surface area contributed by atoms with Crippen LogP contribution >= 0.6 is 15.9 Å². The SMILES string of the molecule is O=CCC1COC/C1=C/c1ccc(Br)cc1. The van der Waals surface area contributed by atoms with Gasteiger partial charge in [0.1, 0.15) is 6.29 Å². The molecule has 0 N–H and O–H groups in total. The van der Waals surface area contributed by atoms with E-state index < -0.39 is 0 Å². The number of aldehydes is 1. The van der Waals surface area contributed by atoms with Crippen LogP contribution in [0.1, 0.15) is 12.0 Å². The lowest BCUT2D eigenvalue weighted by atomic mass is 9.98. The molecule has 1 fully saturated rings. The first kappa shape index (κ1) is 11.6. The lowest BCUT2D eigenvalue weighted by molar-refractivity contribution is -0.108. The molecule has 0 radical (unpaired) electrons. The van der Waals surface area contributed by atoms with E-state index in [9.17, 15) is 4.79 Å². The number of hydrogen-bond donors (Lipinski definition) is 0. The molecule has 1 saturated heterocycles. The van der Waals surface area contributed by atoms with Crippen LogP contribution in [0.2, 0.25) is 0 Å². The van der Waals surface area contributed by atoms with Gasteiger partial charge in [-0.1, -0.05) is 34.1 Å². The van der Waals surface area contributed by atoms with Gasteiger partial charge in [0.25, 0.3) is 0 Å². The van der Waals surface area contributed by atoms with Gasteiger partial charge >= 0.3 is 0 Å². The van der Waals surface area contributed by atoms with Gasteiger partial charge in [0.15, 0.2) is 0 Å². The molecule has 1 atom stereocenters. The summed E-state index contributed by atoms with van der Waals surface area (Å²) in [7, 11) is 0. The molecule has 0 amide bonds. The van der Waals surface area contributed by atoms with Gasteiger partial charge in [0.2, 0.25) is 0 Å². The van der Waals surface area contributed by atoms with E-state index in [1.165, 1.54) is 5.57 Å². The number of hydrogen-bond acceptors (Lipinski definition) is 2. The summed E-state index contributed by atoms with van der Waals surface area (Å²) in [6.07, 6.45) is 3.64. The number of ether oxygens (including phenoxy) is 1. The molecule has 0 aromatic heterocycles. The Morgan fingerprint density at radius 2 is 2.12 bits per heavy atom. The van der Waals surface area contributed by atoms with E-state index in [1.54, 1.807) is 0 Å². The van der Waals surface area contributed by atoms with Gasteiger partial charge < -0.3 is 9.53 Å². The van der Waals surface area contributed by atoms with Crippen LogP contribution in [0.4, 0.5) is 0 Å². The summed E-state index contributed by atoms with van der Waals surface area (Å²) in [5.41, 5.74) is 2.37. The summed E-state index contributed by atoms with van der Waals surface area (Å²) < 4.78 is 6.45. The van der Waals surface area contributed by atoms with Crippen molar-refractivity contribution in [3.63, 3.8) is 0 Å². The van der Waals surface area contributed by atoms with Crippen molar-refractivity contribution in [2.45, 2.75) is 6.42 Å². The van der Waals surface area contributed by atoms with E-state index in [0.29, 0.717) is 19.6 Å². The van der Waals surface area contributed by atoms with Gasteiger partial charge in [-0.25, -0.2) is 0 Å². The molecule has 0 spiro atoms. The molecule has 3 heteroatoms. The predicted molar refractivity (Wildman–Crippen MR) is 67.1 cm³/mol. The summed E-state index contributed by atoms with van der Waals surface area (Å²) in [5.74, 6) is 0.265. The molecule has 1 aliphatic heterocycles. The molecular formula is C13H13BrO2. The van der Waals surface area contributed by atoms with Crippen molar-refractivity contribution in [3.05, 3.63) is 39.9 Å². The van der Waals surface area contributed by atoms with Gasteiger partial charge in [-0.05, 0) is 23.3 Å². The highest BCUT2D eigenvalue weighted by atomic mass is 79.9. The van der Waals surface area contributed by atoms with Crippen molar-refractivity contribution in [1.29, 1.82) is 0 Å². The van der Waals surface area contributed by atoms with E-state index in [2.05, 4.69) is 22.0 Å². The summed E-state index contributed by atoms with van der Waals surface area (Å²) in [4.78, 5) is 10.5. The monoisotopic (exact) mass is 280 g/mol. The van der Waals surface area contributed by atoms with Crippen molar-refractivity contribution in [3.8, 4) is 0 Å². The minimum Gasteiger partial charge on any atom is -0.376 e. The van der Waals surface area contributed by atoms with Gasteiger partial charge in [-0.3, -0.25) is 0 Å². The lowest BCUT2D eigenvalue weighted by Gasteiger charge is -2.05. The second kappa shape index (κ2) is 5.41. The quantitative estimate of drug-likeness (QED) is 0.796. The maximum atomic E-state index is 10.5. The number of benzene rings is 1. The Morgan fingerprint density at radius 1 is 1.38 bits per heavy atom. The zero-order valence-corrected chi connectivity index (χ0v) is 10.4. The molecule has 1 aromatic rings. The van der Waals surface area contributed by atoms with Crippen molar-refractivity contribution >= 4 is 28.3 Å². The molecular weight excluding hydrogens is 268 g/mol. The van der Waals surface area contributed by atoms with Crippen molar-refractivity contribution < 1.29 is 9.53 Å². The Labute approximate surface area is 103 Å². The second-order valence-corrected chi connectivity index (χ2v) is 4.80. The average Bonchev–Trinajstić information content (AvgIpc) is 2.70. The molecule has 2 nitrogen and oxygen atoms in total. The Kier molecular flexibility index (Phi) is 3.91. The molecule has 1 heterocycles. The molecule has 1 aromatic carbocycles. The second-order valence-electron chi connectivity index (χ2n) is 3.89. The predicted octanol–water partition coefficient (Wildman–Crippen LogP) is 3.07. The van der Waals surface area contributed by atoms with Crippen LogP contribution in [-0.2, 0) is 9.53 Å². The van der Waals surface area contributed by atoms with Gasteiger partial charge in [0, 0.05) is 16.8 Å². The van der Waals surface area contributed by atoms with Crippen LogP contribution in [0, 0.1) is 5.92 Å². The molecule has 84 valence electrons. The Morgan fingerprint density at radius 3 is 2.81 bits per heavy atom. The zero-order valence-electron chi connectivity index (χ0n) is 8.86. The first-order valence-corrected chi connectivity index (χ1v) is 6.06. The van der Waals surface area contributed by atoms with E-state index in [0.717, 1.165) is 16.3 Å². The van der Waals surface area contributed by atoms with Crippen LogP contribution in [-0.4, -0.2) is 19.5 Å². The minimum atomic E-state index is 0.265. The van der Waals surface area contributed by atoms with E-state index >= 15 is 0 Å². The van der Waals surface area contributed by atoms with Crippen LogP contribution in [0.25, 0.3) is 6.08 Å². The summed E-state index contributed by atoms with van der Waals surface area (Å²) in [6.45, 7) is 1.32. The van der Waals surface area contributed by atoms with Crippen LogP contribution in [0.3, 0.4) is 0 Å². The Balaban J connectivity index is 2.16. The van der Waals surface area contributed by atoms with E-state index in [-0.39, 0.29) is 5.92 Å². The topological polar surface area (TPSA) is 26.3 Å². The Hall–Kier alpha value is -0.930. The molecule has 16 heavy (non-hydrogen) atoms. The van der Waals surface area contributed by atoms with Crippen molar-refractivity contribution in [2.24, 2.45) is 5.92 Å². The summed E-state index contributed by atoms with van der Waals surface area (Å²) in [5, 5.41) is 0. The lowest BCUT2D eigenvalue weighted by Crippen LogP contribution is -2.02. The van der Waals surface area contributed by atoms with Crippen molar-refractivity contribution in [2.75, 3.05) is 13.2 Å². The molecule has 0 bridgehead atoms. The zero-order chi connectivity index (χ0) is 11.4. The van der Waals surface area contributed by atoms with E-state index in [1.807, 2.05) is 24.3 Å². The molecule has 0 aliphatic carbocycles. The molecule has 0 saturated carbocycles. The number of carbonyl (C=O) groups excluding carboxylic acids is 1. The third-order valence-electron chi connectivity index (χ3n) is 2.71.